The van der Waals surface area contributed by atoms with Crippen molar-refractivity contribution in [2.45, 2.75) is 73.3 Å². The molecule has 0 aliphatic carbocycles. The first-order chi connectivity index (χ1) is 11.6. The first-order valence-electron chi connectivity index (χ1n) is 9.29. The standard InChI is InChI=1S/C12H21NO3.C7H13NO.CH4.ClH/c1-9(14)10-5-7-13(8-6-10)11(15)16-12(2,3)4;1-6(9)7-2-4-8-5-3-7;;/h10H,5-8H2,1-4H3;7-8H,2-5H2,1H3;1H4;1H. The number of carbonyl (C=O) groups is 3. The van der Waals surface area contributed by atoms with Gasteiger partial charge in [-0.15, -0.1) is 12.4 Å². The van der Waals surface area contributed by atoms with Crippen LogP contribution in [0.15, 0.2) is 0 Å². The zero-order valence-electron chi connectivity index (χ0n) is 16.8. The van der Waals surface area contributed by atoms with Crippen LogP contribution in [0, 0.1) is 11.8 Å². The van der Waals surface area contributed by atoms with E-state index in [-0.39, 0.29) is 37.6 Å². The first kappa shape index (κ1) is 28.1. The first-order valence-corrected chi connectivity index (χ1v) is 9.29. The molecule has 0 aromatic heterocycles. The van der Waals surface area contributed by atoms with Crippen molar-refractivity contribution in [1.82, 2.24) is 10.2 Å². The third-order valence-corrected chi connectivity index (χ3v) is 4.64. The SMILES string of the molecule is C.CC(=O)C1CCN(C(=O)OC(C)(C)C)CC1.CC(=O)C1CCNCC1.Cl. The van der Waals surface area contributed by atoms with Crippen LogP contribution in [-0.2, 0) is 14.3 Å². The summed E-state index contributed by atoms with van der Waals surface area (Å²) in [5.74, 6) is 1.06. The summed E-state index contributed by atoms with van der Waals surface area (Å²) in [7, 11) is 0. The highest BCUT2D eigenvalue weighted by Crippen LogP contribution is 2.20. The number of nitrogens with zero attached hydrogens (tertiary/aromatic N) is 1. The summed E-state index contributed by atoms with van der Waals surface area (Å²) in [6.45, 7) is 12.2. The highest BCUT2D eigenvalue weighted by molar-refractivity contribution is 5.85. The van der Waals surface area contributed by atoms with Crippen molar-refractivity contribution < 1.29 is 19.1 Å². The number of piperidine rings is 2. The minimum Gasteiger partial charge on any atom is -0.444 e. The molecule has 2 aliphatic rings. The van der Waals surface area contributed by atoms with E-state index in [4.69, 9.17) is 4.74 Å². The van der Waals surface area contributed by atoms with Gasteiger partial charge in [-0.1, -0.05) is 7.43 Å². The molecule has 2 fully saturated rings. The molecule has 7 heteroatoms. The number of Topliss-reactive ketones (excluding diaryl/α,β-unsaturated/α-hetero) is 2. The zero-order valence-corrected chi connectivity index (χ0v) is 17.6. The molecule has 0 bridgehead atoms. The molecule has 0 atom stereocenters. The minimum absolute atomic E-state index is 0. The van der Waals surface area contributed by atoms with Crippen LogP contribution >= 0.6 is 12.4 Å². The molecule has 1 amide bonds. The second kappa shape index (κ2) is 13.1. The Bertz CT molecular complexity index is 463. The molecule has 0 saturated carbocycles. The summed E-state index contributed by atoms with van der Waals surface area (Å²) < 4.78 is 5.27. The Hall–Kier alpha value is -1.14. The van der Waals surface area contributed by atoms with E-state index in [1.807, 2.05) is 20.8 Å². The number of ether oxygens (including phenoxy) is 1. The highest BCUT2D eigenvalue weighted by atomic mass is 35.5. The number of hydrogen-bond donors (Lipinski definition) is 1. The van der Waals surface area contributed by atoms with Crippen molar-refractivity contribution in [2.75, 3.05) is 26.2 Å². The molecule has 1 N–H and O–H groups in total. The van der Waals surface area contributed by atoms with Crippen LogP contribution in [0.5, 0.6) is 0 Å². The maximum atomic E-state index is 11.7. The van der Waals surface area contributed by atoms with Gasteiger partial charge in [0.1, 0.15) is 17.2 Å². The van der Waals surface area contributed by atoms with Crippen molar-refractivity contribution >= 4 is 30.1 Å². The van der Waals surface area contributed by atoms with Gasteiger partial charge in [0.25, 0.3) is 0 Å². The predicted molar refractivity (Wildman–Crippen MR) is 111 cm³/mol. The number of hydrogen-bond acceptors (Lipinski definition) is 5. The second-order valence-corrected chi connectivity index (χ2v) is 7.99. The Morgan fingerprint density at radius 1 is 0.889 bits per heavy atom. The fourth-order valence-electron chi connectivity index (χ4n) is 3.02. The maximum absolute atomic E-state index is 11.7. The van der Waals surface area contributed by atoms with E-state index in [9.17, 15) is 14.4 Å². The largest absolute Gasteiger partial charge is 0.444 e. The number of amides is 1. The molecule has 6 nitrogen and oxygen atoms in total. The van der Waals surface area contributed by atoms with Crippen LogP contribution in [0.4, 0.5) is 4.79 Å². The molecule has 0 aromatic rings. The van der Waals surface area contributed by atoms with Gasteiger partial charge in [0, 0.05) is 24.9 Å². The summed E-state index contributed by atoms with van der Waals surface area (Å²) >= 11 is 0. The minimum atomic E-state index is -0.450. The van der Waals surface area contributed by atoms with Crippen molar-refractivity contribution in [3.8, 4) is 0 Å². The summed E-state index contributed by atoms with van der Waals surface area (Å²) in [4.78, 5) is 35.3. The number of rotatable bonds is 2. The van der Waals surface area contributed by atoms with E-state index in [0.29, 0.717) is 24.8 Å². The van der Waals surface area contributed by atoms with Crippen molar-refractivity contribution in [3.05, 3.63) is 0 Å². The average Bonchev–Trinajstić information content (AvgIpc) is 2.55. The van der Waals surface area contributed by atoms with Crippen molar-refractivity contribution in [1.29, 1.82) is 0 Å². The second-order valence-electron chi connectivity index (χ2n) is 7.99. The van der Waals surface area contributed by atoms with Crippen LogP contribution < -0.4 is 5.32 Å². The number of nitrogens with one attached hydrogen (secondary N) is 1. The Balaban J connectivity index is 0. The van der Waals surface area contributed by atoms with Gasteiger partial charge in [-0.05, 0) is 73.4 Å². The quantitative estimate of drug-likeness (QED) is 0.753. The zero-order chi connectivity index (χ0) is 19.0. The molecule has 2 aliphatic heterocycles. The van der Waals surface area contributed by atoms with Gasteiger partial charge in [-0.3, -0.25) is 9.59 Å². The van der Waals surface area contributed by atoms with Crippen LogP contribution in [0.2, 0.25) is 0 Å². The predicted octanol–water partition coefficient (Wildman–Crippen LogP) is 3.86. The van der Waals surface area contributed by atoms with Gasteiger partial charge in [-0.2, -0.15) is 0 Å². The van der Waals surface area contributed by atoms with E-state index in [1.165, 1.54) is 0 Å². The van der Waals surface area contributed by atoms with Crippen molar-refractivity contribution in [3.63, 3.8) is 0 Å². The van der Waals surface area contributed by atoms with E-state index in [2.05, 4.69) is 5.32 Å². The third kappa shape index (κ3) is 11.3. The molecule has 0 radical (unpaired) electrons. The lowest BCUT2D eigenvalue weighted by molar-refractivity contribution is -0.122. The number of halogens is 1. The van der Waals surface area contributed by atoms with E-state index < -0.39 is 5.60 Å². The number of likely N-dealkylation sites (tertiary alicyclic amines) is 1. The maximum Gasteiger partial charge on any atom is 0.410 e. The molecule has 160 valence electrons. The molecule has 2 heterocycles. The Kier molecular flexibility index (Phi) is 13.6. The average molecular weight is 407 g/mol. The smallest absolute Gasteiger partial charge is 0.410 e. The van der Waals surface area contributed by atoms with Crippen LogP contribution in [0.25, 0.3) is 0 Å². The monoisotopic (exact) mass is 406 g/mol. The van der Waals surface area contributed by atoms with Gasteiger partial charge in [0.05, 0.1) is 0 Å². The summed E-state index contributed by atoms with van der Waals surface area (Å²) in [5.41, 5.74) is -0.450. The normalized spacial score (nSPS) is 18.2. The Morgan fingerprint density at radius 3 is 1.63 bits per heavy atom. The molecule has 0 unspecified atom stereocenters. The highest BCUT2D eigenvalue weighted by Gasteiger charge is 2.28. The topological polar surface area (TPSA) is 75.7 Å². The molecule has 0 spiro atoms. The van der Waals surface area contributed by atoms with E-state index in [1.54, 1.807) is 18.7 Å². The number of ketones is 2. The summed E-state index contributed by atoms with van der Waals surface area (Å²) in [6.07, 6.45) is 3.32. The van der Waals surface area contributed by atoms with Crippen LogP contribution in [-0.4, -0.2) is 54.3 Å². The molecule has 27 heavy (non-hydrogen) atoms. The van der Waals surface area contributed by atoms with Gasteiger partial charge < -0.3 is 15.0 Å². The number of carbonyl (C=O) groups excluding carboxylic acids is 3. The van der Waals surface area contributed by atoms with Gasteiger partial charge in [0.2, 0.25) is 0 Å². The van der Waals surface area contributed by atoms with Crippen LogP contribution in [0.1, 0.15) is 67.7 Å². The molecule has 0 aromatic carbocycles. The molecular weight excluding hydrogens is 368 g/mol. The lowest BCUT2D eigenvalue weighted by Gasteiger charge is -2.32. The summed E-state index contributed by atoms with van der Waals surface area (Å²) in [5, 5.41) is 3.22. The summed E-state index contributed by atoms with van der Waals surface area (Å²) in [6, 6.07) is 0. The fraction of sp³-hybridized carbons (Fsp3) is 0.850. The fourth-order valence-corrected chi connectivity index (χ4v) is 3.02. The lowest BCUT2D eigenvalue weighted by Crippen LogP contribution is -2.42. The lowest BCUT2D eigenvalue weighted by atomic mass is 9.94. The van der Waals surface area contributed by atoms with Crippen LogP contribution in [0.3, 0.4) is 0 Å². The van der Waals surface area contributed by atoms with E-state index >= 15 is 0 Å². The Labute approximate surface area is 171 Å². The molecule has 2 saturated heterocycles. The molecule has 2 rings (SSSR count). The third-order valence-electron chi connectivity index (χ3n) is 4.64. The van der Waals surface area contributed by atoms with Gasteiger partial charge in [-0.25, -0.2) is 4.79 Å². The Morgan fingerprint density at radius 2 is 1.30 bits per heavy atom. The van der Waals surface area contributed by atoms with E-state index in [0.717, 1.165) is 38.8 Å². The molecular formula is C20H39ClN2O4. The van der Waals surface area contributed by atoms with Gasteiger partial charge >= 0.3 is 6.09 Å². The van der Waals surface area contributed by atoms with Gasteiger partial charge in [0.15, 0.2) is 0 Å². The van der Waals surface area contributed by atoms with Crippen molar-refractivity contribution in [2.24, 2.45) is 11.8 Å².